The monoisotopic (exact) mass is 436 g/mol. The standard InChI is InChI=1S/C22H17BrN2O3/c1-3-7-17-11-15(12-18(23)21(17)27-10-4-2)14-24-25-22(26)20-13-16-8-5-6-9-19(16)28-20/h2-3,5-6,8-9,11-14H,1,7,10H2,(H,25,26)/b24-14+. The second kappa shape index (κ2) is 9.07. The molecule has 0 aliphatic carbocycles. The molecule has 0 aliphatic heterocycles. The first-order valence-electron chi connectivity index (χ1n) is 8.44. The predicted octanol–water partition coefficient (Wildman–Crippen LogP) is 4.70. The number of para-hydroxylation sites is 1. The van der Waals surface area contributed by atoms with E-state index >= 15 is 0 Å². The normalized spacial score (nSPS) is 10.7. The van der Waals surface area contributed by atoms with Crippen molar-refractivity contribution in [1.82, 2.24) is 5.43 Å². The minimum absolute atomic E-state index is 0.170. The van der Waals surface area contributed by atoms with Gasteiger partial charge in [-0.15, -0.1) is 13.0 Å². The Morgan fingerprint density at radius 3 is 2.93 bits per heavy atom. The summed E-state index contributed by atoms with van der Waals surface area (Å²) in [6, 6.07) is 12.8. The van der Waals surface area contributed by atoms with Gasteiger partial charge in [-0.2, -0.15) is 5.10 Å². The molecular formula is C22H17BrN2O3. The van der Waals surface area contributed by atoms with E-state index in [0.29, 0.717) is 17.8 Å². The fourth-order valence-corrected chi connectivity index (χ4v) is 3.28. The molecule has 3 rings (SSSR count). The van der Waals surface area contributed by atoms with E-state index in [2.05, 4.69) is 39.0 Å². The molecule has 0 fully saturated rings. The third-order valence-corrected chi connectivity index (χ3v) is 4.43. The Morgan fingerprint density at radius 2 is 2.18 bits per heavy atom. The number of amides is 1. The Balaban J connectivity index is 1.75. The number of halogens is 1. The van der Waals surface area contributed by atoms with Gasteiger partial charge < -0.3 is 9.15 Å². The molecule has 1 heterocycles. The maximum Gasteiger partial charge on any atom is 0.307 e. The molecule has 0 radical (unpaired) electrons. The lowest BCUT2D eigenvalue weighted by Gasteiger charge is -2.11. The van der Waals surface area contributed by atoms with Crippen LogP contribution in [0.3, 0.4) is 0 Å². The molecule has 0 saturated heterocycles. The zero-order valence-corrected chi connectivity index (χ0v) is 16.5. The molecule has 6 heteroatoms. The highest BCUT2D eigenvalue weighted by Crippen LogP contribution is 2.31. The number of furan rings is 1. The van der Waals surface area contributed by atoms with Crippen LogP contribution in [0.15, 0.2) is 69.1 Å². The van der Waals surface area contributed by atoms with Crippen molar-refractivity contribution in [2.45, 2.75) is 6.42 Å². The third-order valence-electron chi connectivity index (χ3n) is 3.84. The molecule has 0 atom stereocenters. The van der Waals surface area contributed by atoms with Crippen LogP contribution in [0.4, 0.5) is 0 Å². The highest BCUT2D eigenvalue weighted by atomic mass is 79.9. The van der Waals surface area contributed by atoms with E-state index in [1.165, 1.54) is 0 Å². The lowest BCUT2D eigenvalue weighted by Crippen LogP contribution is -2.16. The number of fused-ring (bicyclic) bond motifs is 1. The van der Waals surface area contributed by atoms with E-state index in [1.807, 2.05) is 30.3 Å². The molecule has 2 aromatic carbocycles. The molecule has 3 aromatic rings. The predicted molar refractivity (Wildman–Crippen MR) is 114 cm³/mol. The van der Waals surface area contributed by atoms with Crippen LogP contribution in [0.25, 0.3) is 11.0 Å². The highest BCUT2D eigenvalue weighted by Gasteiger charge is 2.12. The Bertz CT molecular complexity index is 1060. The van der Waals surface area contributed by atoms with Crippen LogP contribution < -0.4 is 10.2 Å². The fourth-order valence-electron chi connectivity index (χ4n) is 2.65. The minimum atomic E-state index is -0.424. The summed E-state index contributed by atoms with van der Waals surface area (Å²) in [5, 5.41) is 4.88. The van der Waals surface area contributed by atoms with Crippen LogP contribution in [-0.4, -0.2) is 18.7 Å². The average molecular weight is 437 g/mol. The lowest BCUT2D eigenvalue weighted by atomic mass is 10.1. The van der Waals surface area contributed by atoms with E-state index in [-0.39, 0.29) is 12.4 Å². The topological polar surface area (TPSA) is 63.8 Å². The van der Waals surface area contributed by atoms with E-state index in [0.717, 1.165) is 21.0 Å². The summed E-state index contributed by atoms with van der Waals surface area (Å²) in [7, 11) is 0. The van der Waals surface area contributed by atoms with Gasteiger partial charge in [0, 0.05) is 5.39 Å². The number of allylic oxidation sites excluding steroid dienone is 1. The first-order valence-corrected chi connectivity index (χ1v) is 9.23. The minimum Gasteiger partial charge on any atom is -0.479 e. The zero-order chi connectivity index (χ0) is 19.9. The second-order valence-corrected chi connectivity index (χ2v) is 6.68. The second-order valence-electron chi connectivity index (χ2n) is 5.82. The quantitative estimate of drug-likeness (QED) is 0.252. The van der Waals surface area contributed by atoms with Crippen LogP contribution in [0.1, 0.15) is 21.7 Å². The fraction of sp³-hybridized carbons (Fsp3) is 0.0909. The summed E-state index contributed by atoms with van der Waals surface area (Å²) in [5.74, 6) is 2.89. The smallest absolute Gasteiger partial charge is 0.307 e. The van der Waals surface area contributed by atoms with E-state index < -0.39 is 5.91 Å². The molecule has 1 N–H and O–H groups in total. The van der Waals surface area contributed by atoms with Crippen LogP contribution in [-0.2, 0) is 6.42 Å². The van der Waals surface area contributed by atoms with Crippen LogP contribution in [0, 0.1) is 12.3 Å². The van der Waals surface area contributed by atoms with Crippen molar-refractivity contribution < 1.29 is 13.9 Å². The van der Waals surface area contributed by atoms with Crippen LogP contribution in [0.2, 0.25) is 0 Å². The van der Waals surface area contributed by atoms with Gasteiger partial charge in [-0.05, 0) is 57.7 Å². The number of nitrogens with one attached hydrogen (secondary N) is 1. The first kappa shape index (κ1) is 19.5. The average Bonchev–Trinajstić information content (AvgIpc) is 3.12. The number of nitrogens with zero attached hydrogens (tertiary/aromatic N) is 1. The molecule has 0 bridgehead atoms. The third kappa shape index (κ3) is 4.51. The lowest BCUT2D eigenvalue weighted by molar-refractivity contribution is 0.0929. The molecule has 0 unspecified atom stereocenters. The van der Waals surface area contributed by atoms with E-state index in [4.69, 9.17) is 15.6 Å². The van der Waals surface area contributed by atoms with Crippen molar-refractivity contribution in [3.8, 4) is 18.1 Å². The summed E-state index contributed by atoms with van der Waals surface area (Å²) in [6.07, 6.45) is 9.19. The van der Waals surface area contributed by atoms with Gasteiger partial charge in [0.1, 0.15) is 17.9 Å². The van der Waals surface area contributed by atoms with Gasteiger partial charge in [-0.25, -0.2) is 5.43 Å². The summed E-state index contributed by atoms with van der Waals surface area (Å²) in [4.78, 5) is 12.2. The summed E-state index contributed by atoms with van der Waals surface area (Å²) in [5.41, 5.74) is 4.81. The molecule has 0 saturated carbocycles. The number of ether oxygens (including phenoxy) is 1. The van der Waals surface area contributed by atoms with Gasteiger partial charge in [-0.1, -0.05) is 30.2 Å². The maximum absolute atomic E-state index is 12.2. The summed E-state index contributed by atoms with van der Waals surface area (Å²) < 4.78 is 11.9. The van der Waals surface area contributed by atoms with Gasteiger partial charge >= 0.3 is 5.91 Å². The number of hydrazone groups is 1. The number of rotatable bonds is 7. The molecule has 1 amide bonds. The van der Waals surface area contributed by atoms with Gasteiger partial charge in [0.25, 0.3) is 0 Å². The van der Waals surface area contributed by atoms with Crippen molar-refractivity contribution in [2.24, 2.45) is 5.10 Å². The molecule has 5 nitrogen and oxygen atoms in total. The molecule has 28 heavy (non-hydrogen) atoms. The van der Waals surface area contributed by atoms with Crippen molar-refractivity contribution in [3.05, 3.63) is 76.5 Å². The van der Waals surface area contributed by atoms with Crippen molar-refractivity contribution >= 4 is 39.0 Å². The highest BCUT2D eigenvalue weighted by molar-refractivity contribution is 9.10. The number of benzene rings is 2. The largest absolute Gasteiger partial charge is 0.479 e. The number of carbonyl (C=O) groups excluding carboxylic acids is 1. The van der Waals surface area contributed by atoms with Gasteiger partial charge in [0.2, 0.25) is 0 Å². The van der Waals surface area contributed by atoms with Gasteiger partial charge in [0.15, 0.2) is 5.76 Å². The van der Waals surface area contributed by atoms with E-state index in [1.54, 1.807) is 24.4 Å². The maximum atomic E-state index is 12.2. The molecular weight excluding hydrogens is 420 g/mol. The molecule has 0 aliphatic rings. The Kier molecular flexibility index (Phi) is 6.30. The Hall–Kier alpha value is -3.30. The Morgan fingerprint density at radius 1 is 1.36 bits per heavy atom. The number of hydrogen-bond donors (Lipinski definition) is 1. The van der Waals surface area contributed by atoms with Gasteiger partial charge in [-0.3, -0.25) is 4.79 Å². The molecule has 0 spiro atoms. The van der Waals surface area contributed by atoms with Crippen LogP contribution in [0.5, 0.6) is 5.75 Å². The van der Waals surface area contributed by atoms with Crippen molar-refractivity contribution in [3.63, 3.8) is 0 Å². The van der Waals surface area contributed by atoms with Crippen molar-refractivity contribution in [1.29, 1.82) is 0 Å². The van der Waals surface area contributed by atoms with Crippen molar-refractivity contribution in [2.75, 3.05) is 6.61 Å². The number of hydrogen-bond acceptors (Lipinski definition) is 4. The Labute approximate surface area is 171 Å². The van der Waals surface area contributed by atoms with E-state index in [9.17, 15) is 4.79 Å². The SMILES string of the molecule is C#CCOc1c(Br)cc(/C=N/NC(=O)c2cc3ccccc3o2)cc1CC=C. The van der Waals surface area contributed by atoms with Gasteiger partial charge in [0.05, 0.1) is 10.7 Å². The zero-order valence-electron chi connectivity index (χ0n) is 14.9. The summed E-state index contributed by atoms with van der Waals surface area (Å²) in [6.45, 7) is 3.93. The number of terminal acetylenes is 1. The van der Waals surface area contributed by atoms with Crippen LogP contribution >= 0.6 is 15.9 Å². The summed E-state index contributed by atoms with van der Waals surface area (Å²) >= 11 is 3.48. The molecule has 140 valence electrons. The molecule has 1 aromatic heterocycles. The number of carbonyl (C=O) groups is 1. The first-order chi connectivity index (χ1) is 13.6.